The van der Waals surface area contributed by atoms with E-state index in [-0.39, 0.29) is 5.78 Å². The maximum atomic E-state index is 11.7. The van der Waals surface area contributed by atoms with Gasteiger partial charge in [0.1, 0.15) is 18.1 Å². The number of ether oxygens (including phenoxy) is 2. The van der Waals surface area contributed by atoms with Gasteiger partial charge in [-0.3, -0.25) is 4.79 Å². The van der Waals surface area contributed by atoms with Crippen LogP contribution in [0.4, 0.5) is 0 Å². The van der Waals surface area contributed by atoms with Crippen LogP contribution in [0.25, 0.3) is 5.52 Å². The van der Waals surface area contributed by atoms with E-state index in [1.807, 2.05) is 22.7 Å². The molecule has 0 N–H and O–H groups in total. The maximum absolute atomic E-state index is 11.7. The lowest BCUT2D eigenvalue weighted by atomic mass is 10.1. The molecule has 1 aromatic carbocycles. The summed E-state index contributed by atoms with van der Waals surface area (Å²) in [4.78, 5) is 15.8. The molecular formula is C17H16N2O3. The average Bonchev–Trinajstić information content (AvgIpc) is 3.00. The van der Waals surface area contributed by atoms with Gasteiger partial charge in [0.05, 0.1) is 30.7 Å². The number of ketones is 1. The molecule has 0 unspecified atom stereocenters. The van der Waals surface area contributed by atoms with Crippen LogP contribution in [0.5, 0.6) is 11.5 Å². The number of hydrogen-bond donors (Lipinski definition) is 0. The van der Waals surface area contributed by atoms with Gasteiger partial charge in [-0.15, -0.1) is 0 Å². The minimum atomic E-state index is -0.0392. The van der Waals surface area contributed by atoms with Crippen LogP contribution in [0.15, 0.2) is 49.1 Å². The summed E-state index contributed by atoms with van der Waals surface area (Å²) < 4.78 is 12.9. The first-order valence-corrected chi connectivity index (χ1v) is 6.90. The van der Waals surface area contributed by atoms with Gasteiger partial charge < -0.3 is 13.9 Å². The summed E-state index contributed by atoms with van der Waals surface area (Å²) in [6, 6.07) is 9.15. The Morgan fingerprint density at radius 1 is 1.27 bits per heavy atom. The summed E-state index contributed by atoms with van der Waals surface area (Å²) in [5, 5.41) is 0. The van der Waals surface area contributed by atoms with Gasteiger partial charge in [-0.05, 0) is 25.1 Å². The fourth-order valence-electron chi connectivity index (χ4n) is 2.25. The maximum Gasteiger partial charge on any atom is 0.163 e. The first-order valence-electron chi connectivity index (χ1n) is 6.90. The summed E-state index contributed by atoms with van der Waals surface area (Å²) in [5.41, 5.74) is 2.56. The lowest BCUT2D eigenvalue weighted by Crippen LogP contribution is -2.03. The number of benzene rings is 1. The molecule has 0 radical (unpaired) electrons. The van der Waals surface area contributed by atoms with Gasteiger partial charge >= 0.3 is 0 Å². The molecule has 112 valence electrons. The fourth-order valence-corrected chi connectivity index (χ4v) is 2.25. The second-order valence-electron chi connectivity index (χ2n) is 4.97. The Bertz CT molecular complexity index is 824. The van der Waals surface area contributed by atoms with Crippen LogP contribution in [0.3, 0.4) is 0 Å². The fraction of sp³-hybridized carbons (Fsp3) is 0.176. The molecule has 2 heterocycles. The number of carbonyl (C=O) groups excluding carboxylic acids is 1. The predicted molar refractivity (Wildman–Crippen MR) is 82.5 cm³/mol. The normalized spacial score (nSPS) is 10.6. The van der Waals surface area contributed by atoms with E-state index in [1.165, 1.54) is 6.92 Å². The first kappa shape index (κ1) is 14.1. The summed E-state index contributed by atoms with van der Waals surface area (Å²) in [6.45, 7) is 1.88. The Labute approximate surface area is 128 Å². The molecule has 0 atom stereocenters. The Balaban J connectivity index is 1.84. The number of fused-ring (bicyclic) bond motifs is 1. The zero-order chi connectivity index (χ0) is 15.5. The number of imidazole rings is 1. The summed E-state index contributed by atoms with van der Waals surface area (Å²) >= 11 is 0. The van der Waals surface area contributed by atoms with Gasteiger partial charge in [0, 0.05) is 17.8 Å². The van der Waals surface area contributed by atoms with Crippen LogP contribution >= 0.6 is 0 Å². The molecular weight excluding hydrogens is 280 g/mol. The number of pyridine rings is 1. The molecule has 0 aliphatic rings. The monoisotopic (exact) mass is 296 g/mol. The van der Waals surface area contributed by atoms with Gasteiger partial charge in [0.25, 0.3) is 0 Å². The molecule has 0 aliphatic heterocycles. The molecule has 0 saturated carbocycles. The molecule has 3 rings (SSSR count). The Hall–Kier alpha value is -2.82. The van der Waals surface area contributed by atoms with Crippen LogP contribution < -0.4 is 9.47 Å². The Kier molecular flexibility index (Phi) is 3.78. The van der Waals surface area contributed by atoms with Crippen molar-refractivity contribution in [1.29, 1.82) is 0 Å². The molecule has 3 aromatic rings. The molecule has 0 saturated heterocycles. The number of Topliss-reactive ketones (excluding diaryl/α,β-unsaturated/α-hetero) is 1. The first-order chi connectivity index (χ1) is 10.7. The summed E-state index contributed by atoms with van der Waals surface area (Å²) in [5.74, 6) is 1.14. The van der Waals surface area contributed by atoms with E-state index < -0.39 is 0 Å². The van der Waals surface area contributed by atoms with Crippen LogP contribution in [-0.4, -0.2) is 22.3 Å². The minimum Gasteiger partial charge on any atom is -0.497 e. The number of nitrogens with zero attached hydrogens (tertiary/aromatic N) is 2. The van der Waals surface area contributed by atoms with Crippen molar-refractivity contribution in [2.75, 3.05) is 7.11 Å². The van der Waals surface area contributed by atoms with Gasteiger partial charge in [0.15, 0.2) is 5.78 Å². The standard InChI is InChI=1S/C17H16N2O3/c1-12(20)16-6-5-15(21-2)7-17(16)22-10-13-3-4-14-8-18-11-19(14)9-13/h3-9,11H,10H2,1-2H3. The van der Waals surface area contributed by atoms with Crippen molar-refractivity contribution in [3.63, 3.8) is 0 Å². The largest absolute Gasteiger partial charge is 0.497 e. The van der Waals surface area contributed by atoms with E-state index in [2.05, 4.69) is 4.98 Å². The molecule has 5 nitrogen and oxygen atoms in total. The lowest BCUT2D eigenvalue weighted by molar-refractivity contribution is 0.101. The van der Waals surface area contributed by atoms with Gasteiger partial charge in [0.2, 0.25) is 0 Å². The number of aromatic nitrogens is 2. The number of hydrogen-bond acceptors (Lipinski definition) is 4. The molecule has 5 heteroatoms. The van der Waals surface area contributed by atoms with Crippen molar-refractivity contribution < 1.29 is 14.3 Å². The predicted octanol–water partition coefficient (Wildman–Crippen LogP) is 3.12. The van der Waals surface area contributed by atoms with Crippen LogP contribution in [-0.2, 0) is 6.61 Å². The number of methoxy groups -OCH3 is 1. The van der Waals surface area contributed by atoms with Crippen molar-refractivity contribution in [2.45, 2.75) is 13.5 Å². The van der Waals surface area contributed by atoms with Gasteiger partial charge in [-0.2, -0.15) is 0 Å². The van der Waals surface area contributed by atoms with Gasteiger partial charge in [-0.25, -0.2) is 4.98 Å². The van der Waals surface area contributed by atoms with E-state index in [0.29, 0.717) is 23.7 Å². The second kappa shape index (κ2) is 5.89. The summed E-state index contributed by atoms with van der Waals surface area (Å²) in [6.07, 6.45) is 5.49. The van der Waals surface area contributed by atoms with E-state index in [4.69, 9.17) is 9.47 Å². The number of carbonyl (C=O) groups is 1. The third-order valence-electron chi connectivity index (χ3n) is 3.43. The lowest BCUT2D eigenvalue weighted by Gasteiger charge is -2.11. The van der Waals surface area contributed by atoms with E-state index >= 15 is 0 Å². The highest BCUT2D eigenvalue weighted by molar-refractivity contribution is 5.97. The zero-order valence-corrected chi connectivity index (χ0v) is 12.4. The van der Waals surface area contributed by atoms with Crippen molar-refractivity contribution in [3.05, 3.63) is 60.2 Å². The van der Waals surface area contributed by atoms with Crippen molar-refractivity contribution >= 4 is 11.3 Å². The van der Waals surface area contributed by atoms with Crippen LogP contribution in [0, 0.1) is 0 Å². The quantitative estimate of drug-likeness (QED) is 0.679. The van der Waals surface area contributed by atoms with E-state index in [9.17, 15) is 4.79 Å². The topological polar surface area (TPSA) is 52.8 Å². The Morgan fingerprint density at radius 2 is 2.14 bits per heavy atom. The van der Waals surface area contributed by atoms with E-state index in [1.54, 1.807) is 37.8 Å². The minimum absolute atomic E-state index is 0.0392. The highest BCUT2D eigenvalue weighted by atomic mass is 16.5. The van der Waals surface area contributed by atoms with Crippen LogP contribution in [0.2, 0.25) is 0 Å². The number of rotatable bonds is 5. The molecule has 0 amide bonds. The SMILES string of the molecule is COc1ccc(C(C)=O)c(OCc2ccc3cncn3c2)c1. The Morgan fingerprint density at radius 3 is 2.91 bits per heavy atom. The average molecular weight is 296 g/mol. The molecule has 22 heavy (non-hydrogen) atoms. The summed E-state index contributed by atoms with van der Waals surface area (Å²) in [7, 11) is 1.58. The third kappa shape index (κ3) is 2.79. The van der Waals surface area contributed by atoms with E-state index in [0.717, 1.165) is 11.1 Å². The van der Waals surface area contributed by atoms with Crippen molar-refractivity contribution in [1.82, 2.24) is 9.38 Å². The van der Waals surface area contributed by atoms with Gasteiger partial charge in [-0.1, -0.05) is 6.07 Å². The highest BCUT2D eigenvalue weighted by Crippen LogP contribution is 2.26. The second-order valence-corrected chi connectivity index (χ2v) is 4.97. The molecule has 0 aliphatic carbocycles. The molecule has 2 aromatic heterocycles. The molecule has 0 spiro atoms. The highest BCUT2D eigenvalue weighted by Gasteiger charge is 2.10. The third-order valence-corrected chi connectivity index (χ3v) is 3.43. The van der Waals surface area contributed by atoms with Crippen LogP contribution in [0.1, 0.15) is 22.8 Å². The smallest absolute Gasteiger partial charge is 0.163 e. The van der Waals surface area contributed by atoms with Crippen molar-refractivity contribution in [3.8, 4) is 11.5 Å². The van der Waals surface area contributed by atoms with Crippen molar-refractivity contribution in [2.24, 2.45) is 0 Å². The molecule has 0 fully saturated rings. The zero-order valence-electron chi connectivity index (χ0n) is 12.4. The molecule has 0 bridgehead atoms.